The Morgan fingerprint density at radius 2 is 2.14 bits per heavy atom. The summed E-state index contributed by atoms with van der Waals surface area (Å²) in [6.07, 6.45) is 8.12. The first kappa shape index (κ1) is 8.70. The molecule has 2 atom stereocenters. The second kappa shape index (κ2) is 2.71. The summed E-state index contributed by atoms with van der Waals surface area (Å²) in [7, 11) is 0. The van der Waals surface area contributed by atoms with Crippen LogP contribution in [0.25, 0.3) is 0 Å². The van der Waals surface area contributed by atoms with Gasteiger partial charge in [-0.05, 0) is 43.4 Å². The number of Topliss-reactive ketones (excluding diaryl/α,β-unsaturated/α-hetero) is 1. The third-order valence-corrected chi connectivity index (χ3v) is 4.66. The lowest BCUT2D eigenvalue weighted by molar-refractivity contribution is -0.123. The van der Waals surface area contributed by atoms with Gasteiger partial charge >= 0.3 is 0 Å². The Kier molecular flexibility index (Phi) is 1.68. The topological polar surface area (TPSA) is 17.1 Å². The monoisotopic (exact) mass is 190 g/mol. The van der Waals surface area contributed by atoms with E-state index in [4.69, 9.17) is 0 Å². The highest BCUT2D eigenvalue weighted by atomic mass is 16.1. The minimum absolute atomic E-state index is 0.471. The second-order valence-corrected chi connectivity index (χ2v) is 5.61. The van der Waals surface area contributed by atoms with Crippen LogP contribution in [-0.2, 0) is 4.79 Å². The van der Waals surface area contributed by atoms with Crippen LogP contribution < -0.4 is 0 Å². The van der Waals surface area contributed by atoms with Crippen LogP contribution in [0.15, 0.2) is 11.1 Å². The van der Waals surface area contributed by atoms with Gasteiger partial charge in [-0.3, -0.25) is 4.79 Å². The fourth-order valence-electron chi connectivity index (χ4n) is 3.87. The van der Waals surface area contributed by atoms with E-state index in [9.17, 15) is 4.79 Å². The van der Waals surface area contributed by atoms with E-state index in [2.05, 4.69) is 6.92 Å². The van der Waals surface area contributed by atoms with Crippen molar-refractivity contribution in [1.82, 2.24) is 0 Å². The van der Waals surface area contributed by atoms with Gasteiger partial charge in [0, 0.05) is 12.8 Å². The first-order chi connectivity index (χ1) is 6.69. The number of hydrogen-bond donors (Lipinski definition) is 0. The minimum atomic E-state index is 0.471. The Balaban J connectivity index is 1.94. The number of ketones is 1. The summed E-state index contributed by atoms with van der Waals surface area (Å²) in [5, 5.41) is 0. The van der Waals surface area contributed by atoms with Crippen LogP contribution in [-0.4, -0.2) is 5.78 Å². The molecule has 1 fully saturated rings. The SMILES string of the molecule is C[C@@]12CCC(=O)C[C@@H]1C1=C(CCC1)C2. The average Bonchev–Trinajstić information content (AvgIpc) is 2.65. The molecule has 0 saturated heterocycles. The van der Waals surface area contributed by atoms with Crippen LogP contribution in [0.2, 0.25) is 0 Å². The van der Waals surface area contributed by atoms with Crippen molar-refractivity contribution in [3.8, 4) is 0 Å². The Morgan fingerprint density at radius 1 is 1.29 bits per heavy atom. The van der Waals surface area contributed by atoms with E-state index in [1.807, 2.05) is 0 Å². The van der Waals surface area contributed by atoms with E-state index in [1.54, 1.807) is 11.1 Å². The molecule has 0 spiro atoms. The second-order valence-electron chi connectivity index (χ2n) is 5.61. The van der Waals surface area contributed by atoms with Gasteiger partial charge in [-0.25, -0.2) is 0 Å². The van der Waals surface area contributed by atoms with Crippen molar-refractivity contribution in [3.63, 3.8) is 0 Å². The smallest absolute Gasteiger partial charge is 0.133 e. The number of hydrogen-bond acceptors (Lipinski definition) is 1. The molecule has 0 bridgehead atoms. The van der Waals surface area contributed by atoms with E-state index in [0.717, 1.165) is 19.3 Å². The fourth-order valence-corrected chi connectivity index (χ4v) is 3.87. The van der Waals surface area contributed by atoms with E-state index in [0.29, 0.717) is 17.1 Å². The zero-order chi connectivity index (χ0) is 9.76. The van der Waals surface area contributed by atoms with Crippen molar-refractivity contribution in [2.45, 2.75) is 51.9 Å². The molecule has 0 aromatic heterocycles. The Labute approximate surface area is 85.6 Å². The normalized spacial score (nSPS) is 41.5. The Bertz CT molecular complexity index is 326. The van der Waals surface area contributed by atoms with Gasteiger partial charge < -0.3 is 0 Å². The van der Waals surface area contributed by atoms with Crippen LogP contribution in [0.3, 0.4) is 0 Å². The molecule has 0 aromatic rings. The zero-order valence-electron chi connectivity index (χ0n) is 8.94. The van der Waals surface area contributed by atoms with Gasteiger partial charge in [-0.15, -0.1) is 0 Å². The average molecular weight is 190 g/mol. The van der Waals surface area contributed by atoms with Gasteiger partial charge in [0.2, 0.25) is 0 Å². The molecular weight excluding hydrogens is 172 g/mol. The first-order valence-electron chi connectivity index (χ1n) is 5.91. The number of carbonyl (C=O) groups is 1. The van der Waals surface area contributed by atoms with Crippen molar-refractivity contribution < 1.29 is 4.79 Å². The molecule has 0 heterocycles. The van der Waals surface area contributed by atoms with E-state index in [-0.39, 0.29) is 0 Å². The molecule has 0 radical (unpaired) electrons. The van der Waals surface area contributed by atoms with Crippen LogP contribution >= 0.6 is 0 Å². The Morgan fingerprint density at radius 3 is 3.00 bits per heavy atom. The summed E-state index contributed by atoms with van der Waals surface area (Å²) in [6, 6.07) is 0. The molecule has 14 heavy (non-hydrogen) atoms. The molecule has 1 saturated carbocycles. The molecular formula is C13H18O. The Hall–Kier alpha value is -0.590. The molecule has 3 rings (SSSR count). The van der Waals surface area contributed by atoms with Gasteiger partial charge in [-0.1, -0.05) is 18.1 Å². The summed E-state index contributed by atoms with van der Waals surface area (Å²) in [5.41, 5.74) is 3.90. The molecule has 0 amide bonds. The van der Waals surface area contributed by atoms with Gasteiger partial charge in [0.15, 0.2) is 0 Å². The van der Waals surface area contributed by atoms with Crippen LogP contribution in [0.4, 0.5) is 0 Å². The van der Waals surface area contributed by atoms with Crippen LogP contribution in [0.5, 0.6) is 0 Å². The maximum atomic E-state index is 11.5. The summed E-state index contributed by atoms with van der Waals surface area (Å²) in [4.78, 5) is 11.5. The molecule has 1 nitrogen and oxygen atoms in total. The highest BCUT2D eigenvalue weighted by molar-refractivity contribution is 5.80. The zero-order valence-corrected chi connectivity index (χ0v) is 8.94. The van der Waals surface area contributed by atoms with Crippen molar-refractivity contribution in [2.75, 3.05) is 0 Å². The molecule has 0 unspecified atom stereocenters. The molecule has 0 aromatic carbocycles. The van der Waals surface area contributed by atoms with E-state index >= 15 is 0 Å². The standard InChI is InChI=1S/C13H18O/c1-13-6-5-10(14)7-12(13)11-4-2-3-9(11)8-13/h12H,2-8H2,1H3/t12-,13+/m1/s1. The number of rotatable bonds is 0. The predicted molar refractivity (Wildman–Crippen MR) is 55.9 cm³/mol. The lowest BCUT2D eigenvalue weighted by Gasteiger charge is -2.37. The molecule has 0 N–H and O–H groups in total. The predicted octanol–water partition coefficient (Wildman–Crippen LogP) is 3.25. The lowest BCUT2D eigenvalue weighted by Crippen LogP contribution is -2.32. The number of fused-ring (bicyclic) bond motifs is 2. The maximum Gasteiger partial charge on any atom is 0.133 e. The van der Waals surface area contributed by atoms with E-state index < -0.39 is 0 Å². The molecule has 3 aliphatic carbocycles. The third-order valence-electron chi connectivity index (χ3n) is 4.66. The van der Waals surface area contributed by atoms with Crippen molar-refractivity contribution in [3.05, 3.63) is 11.1 Å². The highest BCUT2D eigenvalue weighted by Gasteiger charge is 2.47. The quantitative estimate of drug-likeness (QED) is 0.536. The molecule has 3 aliphatic rings. The van der Waals surface area contributed by atoms with Crippen molar-refractivity contribution in [2.24, 2.45) is 11.3 Å². The number of allylic oxidation sites excluding steroid dienone is 2. The first-order valence-corrected chi connectivity index (χ1v) is 5.91. The summed E-state index contributed by atoms with van der Waals surface area (Å²) in [6.45, 7) is 2.41. The summed E-state index contributed by atoms with van der Waals surface area (Å²) >= 11 is 0. The van der Waals surface area contributed by atoms with Gasteiger partial charge in [0.05, 0.1) is 0 Å². The van der Waals surface area contributed by atoms with Gasteiger partial charge in [-0.2, -0.15) is 0 Å². The lowest BCUT2D eigenvalue weighted by atomic mass is 9.66. The molecule has 0 aliphatic heterocycles. The van der Waals surface area contributed by atoms with Crippen molar-refractivity contribution in [1.29, 1.82) is 0 Å². The van der Waals surface area contributed by atoms with Crippen molar-refractivity contribution >= 4 is 5.78 Å². The highest BCUT2D eigenvalue weighted by Crippen LogP contribution is 2.57. The third kappa shape index (κ3) is 1.04. The molecule has 1 heteroatoms. The van der Waals surface area contributed by atoms with Gasteiger partial charge in [0.25, 0.3) is 0 Å². The largest absolute Gasteiger partial charge is 0.300 e. The maximum absolute atomic E-state index is 11.5. The fraction of sp³-hybridized carbons (Fsp3) is 0.769. The van der Waals surface area contributed by atoms with E-state index in [1.165, 1.54) is 25.7 Å². The van der Waals surface area contributed by atoms with Crippen LogP contribution in [0.1, 0.15) is 51.9 Å². The van der Waals surface area contributed by atoms with Crippen LogP contribution in [0, 0.1) is 11.3 Å². The molecule has 76 valence electrons. The number of carbonyl (C=O) groups excluding carboxylic acids is 1. The van der Waals surface area contributed by atoms with Gasteiger partial charge in [0.1, 0.15) is 5.78 Å². The summed E-state index contributed by atoms with van der Waals surface area (Å²) in [5.74, 6) is 1.15. The summed E-state index contributed by atoms with van der Waals surface area (Å²) < 4.78 is 0. The minimum Gasteiger partial charge on any atom is -0.300 e.